The Morgan fingerprint density at radius 3 is 2.70 bits per heavy atom. The fourth-order valence-corrected chi connectivity index (χ4v) is 4.34. The molecule has 1 aromatic carbocycles. The van der Waals surface area contributed by atoms with Crippen LogP contribution in [0.1, 0.15) is 37.3 Å². The summed E-state index contributed by atoms with van der Waals surface area (Å²) >= 11 is 0. The molecule has 0 aliphatic carbocycles. The first-order chi connectivity index (χ1) is 13.1. The lowest BCUT2D eigenvalue weighted by molar-refractivity contribution is -0.386. The van der Waals surface area contributed by atoms with Gasteiger partial charge in [0.1, 0.15) is 0 Å². The molecular formula is C19H23N5O3. The molecule has 2 aliphatic heterocycles. The fraction of sp³-hybridized carbons (Fsp3) is 0.474. The van der Waals surface area contributed by atoms with Crippen LogP contribution in [0.25, 0.3) is 11.1 Å². The number of carbonyl (C=O) groups excluding carboxylic acids is 1. The second kappa shape index (κ2) is 7.48. The first-order valence-electron chi connectivity index (χ1n) is 9.43. The van der Waals surface area contributed by atoms with Gasteiger partial charge in [0.25, 0.3) is 5.69 Å². The summed E-state index contributed by atoms with van der Waals surface area (Å²) in [5, 5.41) is 21.9. The summed E-state index contributed by atoms with van der Waals surface area (Å²) in [6.07, 6.45) is 6.54. The molecule has 27 heavy (non-hydrogen) atoms. The maximum Gasteiger partial charge on any atom is 0.275 e. The van der Waals surface area contributed by atoms with Gasteiger partial charge in [0, 0.05) is 30.8 Å². The van der Waals surface area contributed by atoms with Gasteiger partial charge in [-0.3, -0.25) is 20.0 Å². The summed E-state index contributed by atoms with van der Waals surface area (Å²) in [5.41, 5.74) is 2.28. The van der Waals surface area contributed by atoms with Gasteiger partial charge >= 0.3 is 0 Å². The van der Waals surface area contributed by atoms with Gasteiger partial charge in [-0.2, -0.15) is 5.10 Å². The normalized spacial score (nSPS) is 19.4. The minimum Gasteiger partial charge on any atom is -0.335 e. The van der Waals surface area contributed by atoms with Gasteiger partial charge < -0.3 is 10.2 Å². The van der Waals surface area contributed by atoms with Gasteiger partial charge in [0.05, 0.1) is 22.7 Å². The number of nitro benzene ring substituents is 1. The van der Waals surface area contributed by atoms with Crippen LogP contribution in [-0.4, -0.2) is 45.6 Å². The highest BCUT2D eigenvalue weighted by molar-refractivity contribution is 5.79. The summed E-state index contributed by atoms with van der Waals surface area (Å²) in [6.45, 7) is 2.43. The zero-order valence-corrected chi connectivity index (χ0v) is 15.1. The van der Waals surface area contributed by atoms with Crippen molar-refractivity contribution < 1.29 is 9.72 Å². The van der Waals surface area contributed by atoms with E-state index < -0.39 is 0 Å². The van der Waals surface area contributed by atoms with Gasteiger partial charge in [0.2, 0.25) is 5.91 Å². The maximum absolute atomic E-state index is 12.5. The van der Waals surface area contributed by atoms with Crippen LogP contribution in [0, 0.1) is 16.0 Å². The molecule has 8 heteroatoms. The monoisotopic (exact) mass is 369 g/mol. The number of piperidine rings is 1. The lowest BCUT2D eigenvalue weighted by Crippen LogP contribution is -2.39. The topological polar surface area (TPSA) is 104 Å². The molecular weight excluding hydrogens is 346 g/mol. The molecule has 1 atom stereocenters. The van der Waals surface area contributed by atoms with Crippen molar-refractivity contribution in [3.8, 4) is 11.1 Å². The fourth-order valence-electron chi connectivity index (χ4n) is 4.34. The van der Waals surface area contributed by atoms with E-state index in [1.807, 2.05) is 17.0 Å². The van der Waals surface area contributed by atoms with E-state index in [1.54, 1.807) is 18.5 Å². The van der Waals surface area contributed by atoms with E-state index >= 15 is 0 Å². The van der Waals surface area contributed by atoms with Crippen LogP contribution in [0.5, 0.6) is 0 Å². The van der Waals surface area contributed by atoms with Crippen molar-refractivity contribution in [3.05, 3.63) is 46.3 Å². The van der Waals surface area contributed by atoms with E-state index in [1.165, 1.54) is 0 Å². The van der Waals surface area contributed by atoms with Crippen molar-refractivity contribution in [1.29, 1.82) is 0 Å². The van der Waals surface area contributed by atoms with Crippen LogP contribution in [-0.2, 0) is 4.79 Å². The summed E-state index contributed by atoms with van der Waals surface area (Å²) < 4.78 is 0. The standard InChI is InChI=1S/C19H23N5O3/c25-18-2-1-9-23(18)19(13-5-7-20-8-6-13)16-4-3-14(10-17(16)24(26)27)15-11-21-22-12-15/h3-4,10-13,19-20H,1-2,5-9H2,(H,21,22). The average molecular weight is 369 g/mol. The van der Waals surface area contributed by atoms with Crippen molar-refractivity contribution in [3.63, 3.8) is 0 Å². The summed E-state index contributed by atoms with van der Waals surface area (Å²) in [7, 11) is 0. The van der Waals surface area contributed by atoms with E-state index in [9.17, 15) is 14.9 Å². The molecule has 2 N–H and O–H groups in total. The number of hydrogen-bond donors (Lipinski definition) is 2. The van der Waals surface area contributed by atoms with E-state index in [0.717, 1.165) is 43.5 Å². The highest BCUT2D eigenvalue weighted by atomic mass is 16.6. The number of amides is 1. The molecule has 1 aromatic heterocycles. The smallest absolute Gasteiger partial charge is 0.275 e. The Balaban J connectivity index is 1.78. The molecule has 142 valence electrons. The van der Waals surface area contributed by atoms with Crippen molar-refractivity contribution >= 4 is 11.6 Å². The third-order valence-corrected chi connectivity index (χ3v) is 5.65. The zero-order valence-electron chi connectivity index (χ0n) is 15.1. The Kier molecular flexibility index (Phi) is 4.89. The summed E-state index contributed by atoms with van der Waals surface area (Å²) in [6, 6.07) is 5.09. The largest absolute Gasteiger partial charge is 0.335 e. The molecule has 3 heterocycles. The third-order valence-electron chi connectivity index (χ3n) is 5.65. The third kappa shape index (κ3) is 3.44. The van der Waals surface area contributed by atoms with Crippen molar-refractivity contribution in [2.75, 3.05) is 19.6 Å². The molecule has 2 fully saturated rings. The molecule has 4 rings (SSSR count). The Bertz CT molecular complexity index is 830. The maximum atomic E-state index is 12.5. The Morgan fingerprint density at radius 1 is 1.26 bits per heavy atom. The predicted octanol–water partition coefficient (Wildman–Crippen LogP) is 2.65. The number of carbonyl (C=O) groups is 1. The predicted molar refractivity (Wildman–Crippen MR) is 100.0 cm³/mol. The van der Waals surface area contributed by atoms with Crippen LogP contribution in [0.4, 0.5) is 5.69 Å². The molecule has 2 saturated heterocycles. The number of hydrogen-bond acceptors (Lipinski definition) is 5. The summed E-state index contributed by atoms with van der Waals surface area (Å²) in [4.78, 5) is 25.9. The number of benzene rings is 1. The van der Waals surface area contributed by atoms with Crippen molar-refractivity contribution in [2.24, 2.45) is 5.92 Å². The van der Waals surface area contributed by atoms with Crippen molar-refractivity contribution in [1.82, 2.24) is 20.4 Å². The van der Waals surface area contributed by atoms with Crippen LogP contribution >= 0.6 is 0 Å². The Hall–Kier alpha value is -2.74. The molecule has 8 nitrogen and oxygen atoms in total. The van der Waals surface area contributed by atoms with Gasteiger partial charge in [-0.1, -0.05) is 6.07 Å². The molecule has 0 spiro atoms. The van der Waals surface area contributed by atoms with Crippen molar-refractivity contribution in [2.45, 2.75) is 31.7 Å². The minimum atomic E-state index is -0.326. The van der Waals surface area contributed by atoms with Crippen LogP contribution < -0.4 is 5.32 Å². The highest BCUT2D eigenvalue weighted by Gasteiger charge is 2.38. The van der Waals surface area contributed by atoms with E-state index in [-0.39, 0.29) is 28.5 Å². The van der Waals surface area contributed by atoms with E-state index in [2.05, 4.69) is 15.5 Å². The summed E-state index contributed by atoms with van der Waals surface area (Å²) in [5.74, 6) is 0.332. The second-order valence-corrected chi connectivity index (χ2v) is 7.24. The first kappa shape index (κ1) is 17.7. The van der Waals surface area contributed by atoms with Gasteiger partial charge in [-0.05, 0) is 49.9 Å². The number of H-pyrrole nitrogens is 1. The van der Waals surface area contributed by atoms with E-state index in [0.29, 0.717) is 18.5 Å². The number of nitro groups is 1. The number of rotatable bonds is 5. The van der Waals surface area contributed by atoms with Gasteiger partial charge in [-0.15, -0.1) is 0 Å². The molecule has 2 aliphatic rings. The molecule has 0 radical (unpaired) electrons. The van der Waals surface area contributed by atoms with Gasteiger partial charge in [0.15, 0.2) is 0 Å². The Morgan fingerprint density at radius 2 is 2.07 bits per heavy atom. The zero-order chi connectivity index (χ0) is 18.8. The quantitative estimate of drug-likeness (QED) is 0.623. The second-order valence-electron chi connectivity index (χ2n) is 7.24. The highest BCUT2D eigenvalue weighted by Crippen LogP contribution is 2.41. The minimum absolute atomic E-state index is 0.0805. The Labute approximate surface area is 157 Å². The van der Waals surface area contributed by atoms with Crippen LogP contribution in [0.3, 0.4) is 0 Å². The SMILES string of the molecule is O=C1CCCN1C(c1ccc(-c2cn[nH]c2)cc1[N+](=O)[O-])C1CCNCC1. The van der Waals surface area contributed by atoms with E-state index in [4.69, 9.17) is 0 Å². The number of aromatic nitrogens is 2. The molecule has 2 aromatic rings. The number of aromatic amines is 1. The molecule has 1 amide bonds. The van der Waals surface area contributed by atoms with Crippen LogP contribution in [0.15, 0.2) is 30.6 Å². The lowest BCUT2D eigenvalue weighted by atomic mass is 9.83. The molecule has 0 saturated carbocycles. The molecule has 1 unspecified atom stereocenters. The first-order valence-corrected chi connectivity index (χ1v) is 9.43. The number of nitrogens with one attached hydrogen (secondary N) is 2. The number of likely N-dealkylation sites (tertiary alicyclic amines) is 1. The van der Waals surface area contributed by atoms with Gasteiger partial charge in [-0.25, -0.2) is 0 Å². The van der Waals surface area contributed by atoms with Crippen LogP contribution in [0.2, 0.25) is 0 Å². The molecule has 0 bridgehead atoms. The lowest BCUT2D eigenvalue weighted by Gasteiger charge is -2.37. The number of nitrogens with zero attached hydrogens (tertiary/aromatic N) is 3. The average Bonchev–Trinajstić information content (AvgIpc) is 3.36.